The normalized spacial score (nSPS) is 12.1. The molecule has 0 aliphatic heterocycles. The molecule has 0 saturated heterocycles. The number of ether oxygens (including phenoxy) is 1. The second-order valence-electron chi connectivity index (χ2n) is 6.32. The van der Waals surface area contributed by atoms with Crippen molar-refractivity contribution in [3.63, 3.8) is 0 Å². The van der Waals surface area contributed by atoms with Crippen LogP contribution in [0.4, 0.5) is 0 Å². The molecule has 1 amide bonds. The van der Waals surface area contributed by atoms with Gasteiger partial charge in [-0.25, -0.2) is 9.97 Å². The van der Waals surface area contributed by atoms with Gasteiger partial charge in [0.25, 0.3) is 5.91 Å². The third-order valence-electron chi connectivity index (χ3n) is 4.53. The monoisotopic (exact) mass is 376 g/mol. The number of rotatable bonds is 6. The number of benzene rings is 1. The molecule has 4 aromatic rings. The number of aromatic nitrogens is 5. The molecule has 3 heterocycles. The van der Waals surface area contributed by atoms with Crippen LogP contribution in [0.25, 0.3) is 17.0 Å². The fourth-order valence-corrected chi connectivity index (χ4v) is 2.99. The van der Waals surface area contributed by atoms with Crippen molar-refractivity contribution in [1.82, 2.24) is 29.9 Å². The number of carbonyl (C=O) groups is 1. The van der Waals surface area contributed by atoms with E-state index >= 15 is 0 Å². The van der Waals surface area contributed by atoms with Crippen molar-refractivity contribution in [3.8, 4) is 17.0 Å². The number of amides is 1. The molecule has 0 spiro atoms. The van der Waals surface area contributed by atoms with E-state index in [0.717, 1.165) is 17.0 Å². The average molecular weight is 376 g/mol. The van der Waals surface area contributed by atoms with Crippen LogP contribution in [0.5, 0.6) is 5.75 Å². The summed E-state index contributed by atoms with van der Waals surface area (Å²) in [5, 5.41) is 10.1. The maximum absolute atomic E-state index is 12.7. The van der Waals surface area contributed by atoms with Crippen molar-refractivity contribution in [1.29, 1.82) is 0 Å². The zero-order valence-electron chi connectivity index (χ0n) is 15.6. The lowest BCUT2D eigenvalue weighted by Crippen LogP contribution is -2.28. The maximum Gasteiger partial charge on any atom is 0.269 e. The SMILES string of the molecule is CC[C@@H](NC(=O)c1cc(-c2ccc(OC)cc2)n[nH]1)c1cn2cccnc2n1. The highest BCUT2D eigenvalue weighted by molar-refractivity contribution is 5.93. The van der Waals surface area contributed by atoms with Crippen molar-refractivity contribution >= 4 is 11.7 Å². The summed E-state index contributed by atoms with van der Waals surface area (Å²) >= 11 is 0. The molecular weight excluding hydrogens is 356 g/mol. The molecule has 1 aromatic carbocycles. The summed E-state index contributed by atoms with van der Waals surface area (Å²) in [6.07, 6.45) is 6.15. The average Bonchev–Trinajstić information content (AvgIpc) is 3.39. The topological polar surface area (TPSA) is 97.2 Å². The van der Waals surface area contributed by atoms with Gasteiger partial charge >= 0.3 is 0 Å². The fraction of sp³-hybridized carbons (Fsp3) is 0.200. The number of hydrogen-bond donors (Lipinski definition) is 2. The molecule has 0 aliphatic carbocycles. The van der Waals surface area contributed by atoms with Crippen LogP contribution in [-0.4, -0.2) is 37.6 Å². The van der Waals surface area contributed by atoms with Crippen LogP contribution >= 0.6 is 0 Å². The van der Waals surface area contributed by atoms with Gasteiger partial charge in [0.05, 0.1) is 24.5 Å². The second kappa shape index (κ2) is 7.51. The first kappa shape index (κ1) is 17.7. The molecule has 0 radical (unpaired) electrons. The van der Waals surface area contributed by atoms with Gasteiger partial charge in [0.2, 0.25) is 5.78 Å². The number of nitrogens with one attached hydrogen (secondary N) is 2. The van der Waals surface area contributed by atoms with E-state index in [0.29, 0.717) is 23.6 Å². The molecule has 0 aliphatic rings. The number of imidazole rings is 1. The Kier molecular flexibility index (Phi) is 4.76. The lowest BCUT2D eigenvalue weighted by Gasteiger charge is -2.13. The van der Waals surface area contributed by atoms with E-state index in [4.69, 9.17) is 4.74 Å². The van der Waals surface area contributed by atoms with Gasteiger partial charge in [0.1, 0.15) is 11.4 Å². The van der Waals surface area contributed by atoms with Gasteiger partial charge in [0, 0.05) is 24.2 Å². The first-order valence-corrected chi connectivity index (χ1v) is 8.98. The van der Waals surface area contributed by atoms with Crippen molar-refractivity contribution in [2.45, 2.75) is 19.4 Å². The molecule has 8 heteroatoms. The summed E-state index contributed by atoms with van der Waals surface area (Å²) in [4.78, 5) is 21.4. The molecule has 4 rings (SSSR count). The molecule has 0 saturated carbocycles. The van der Waals surface area contributed by atoms with E-state index in [-0.39, 0.29) is 11.9 Å². The fourth-order valence-electron chi connectivity index (χ4n) is 2.99. The number of nitrogens with zero attached hydrogens (tertiary/aromatic N) is 4. The molecule has 0 unspecified atom stereocenters. The summed E-state index contributed by atoms with van der Waals surface area (Å²) in [6.45, 7) is 2.00. The standard InChI is InChI=1S/C20H20N6O2/c1-3-15(18-12-26-10-4-9-21-20(26)23-18)22-19(27)17-11-16(24-25-17)13-5-7-14(28-2)8-6-13/h4-12,15H,3H2,1-2H3,(H,22,27)(H,24,25)/t15-/m1/s1. The van der Waals surface area contributed by atoms with Crippen LogP contribution in [-0.2, 0) is 0 Å². The van der Waals surface area contributed by atoms with Crippen LogP contribution in [0.2, 0.25) is 0 Å². The van der Waals surface area contributed by atoms with Crippen LogP contribution < -0.4 is 10.1 Å². The number of fused-ring (bicyclic) bond motifs is 1. The van der Waals surface area contributed by atoms with Gasteiger partial charge in [-0.2, -0.15) is 5.10 Å². The highest BCUT2D eigenvalue weighted by Gasteiger charge is 2.19. The number of carbonyl (C=O) groups excluding carboxylic acids is 1. The predicted octanol–water partition coefficient (Wildman–Crippen LogP) is 3.01. The molecule has 3 aromatic heterocycles. The van der Waals surface area contributed by atoms with Crippen molar-refractivity contribution in [3.05, 3.63) is 66.4 Å². The minimum absolute atomic E-state index is 0.220. The lowest BCUT2D eigenvalue weighted by atomic mass is 10.1. The molecular formula is C20H20N6O2. The zero-order chi connectivity index (χ0) is 19.5. The number of methoxy groups -OCH3 is 1. The van der Waals surface area contributed by atoms with E-state index in [1.165, 1.54) is 0 Å². The Balaban J connectivity index is 1.51. The molecule has 0 bridgehead atoms. The number of aromatic amines is 1. The number of hydrogen-bond acceptors (Lipinski definition) is 5. The third kappa shape index (κ3) is 3.44. The second-order valence-corrected chi connectivity index (χ2v) is 6.32. The van der Waals surface area contributed by atoms with Crippen molar-refractivity contribution < 1.29 is 9.53 Å². The minimum Gasteiger partial charge on any atom is -0.497 e. The maximum atomic E-state index is 12.7. The van der Waals surface area contributed by atoms with E-state index < -0.39 is 0 Å². The molecule has 0 fully saturated rings. The van der Waals surface area contributed by atoms with Crippen molar-refractivity contribution in [2.75, 3.05) is 7.11 Å². The first-order chi connectivity index (χ1) is 13.7. The van der Waals surface area contributed by atoms with Crippen molar-refractivity contribution in [2.24, 2.45) is 0 Å². The summed E-state index contributed by atoms with van der Waals surface area (Å²) in [7, 11) is 1.62. The Labute approximate surface area is 161 Å². The van der Waals surface area contributed by atoms with Crippen LogP contribution in [0.15, 0.2) is 55.0 Å². The molecule has 8 nitrogen and oxygen atoms in total. The Morgan fingerprint density at radius 2 is 2.14 bits per heavy atom. The lowest BCUT2D eigenvalue weighted by molar-refractivity contribution is 0.0929. The van der Waals surface area contributed by atoms with Gasteiger partial charge < -0.3 is 10.1 Å². The molecule has 142 valence electrons. The Morgan fingerprint density at radius 3 is 2.86 bits per heavy atom. The van der Waals surface area contributed by atoms with Gasteiger partial charge in [-0.05, 0) is 42.8 Å². The van der Waals surface area contributed by atoms with Gasteiger partial charge in [-0.15, -0.1) is 0 Å². The molecule has 2 N–H and O–H groups in total. The van der Waals surface area contributed by atoms with Gasteiger partial charge in [-0.3, -0.25) is 14.3 Å². The van der Waals surface area contributed by atoms with Gasteiger partial charge in [0.15, 0.2) is 0 Å². The molecule has 28 heavy (non-hydrogen) atoms. The van der Waals surface area contributed by atoms with Gasteiger partial charge in [-0.1, -0.05) is 6.92 Å². The molecule has 1 atom stereocenters. The Morgan fingerprint density at radius 1 is 1.32 bits per heavy atom. The van der Waals surface area contributed by atoms with E-state index in [1.54, 1.807) is 19.4 Å². The summed E-state index contributed by atoms with van der Waals surface area (Å²) in [5.41, 5.74) is 2.75. The Hall–Kier alpha value is -3.68. The predicted molar refractivity (Wildman–Crippen MR) is 104 cm³/mol. The first-order valence-electron chi connectivity index (χ1n) is 8.98. The third-order valence-corrected chi connectivity index (χ3v) is 4.53. The quantitative estimate of drug-likeness (QED) is 0.539. The number of H-pyrrole nitrogens is 1. The smallest absolute Gasteiger partial charge is 0.269 e. The van der Waals surface area contributed by atoms with Crippen LogP contribution in [0.3, 0.4) is 0 Å². The van der Waals surface area contributed by atoms with E-state index in [2.05, 4.69) is 25.5 Å². The highest BCUT2D eigenvalue weighted by atomic mass is 16.5. The summed E-state index contributed by atoms with van der Waals surface area (Å²) in [6, 6.07) is 10.9. The van der Waals surface area contributed by atoms with E-state index in [1.807, 2.05) is 54.0 Å². The zero-order valence-corrected chi connectivity index (χ0v) is 15.6. The highest BCUT2D eigenvalue weighted by Crippen LogP contribution is 2.22. The summed E-state index contributed by atoms with van der Waals surface area (Å²) < 4.78 is 7.00. The van der Waals surface area contributed by atoms with Crippen LogP contribution in [0, 0.1) is 0 Å². The minimum atomic E-state index is -0.232. The summed E-state index contributed by atoms with van der Waals surface area (Å²) in [5.74, 6) is 1.14. The Bertz CT molecular complexity index is 1070. The van der Waals surface area contributed by atoms with Crippen LogP contribution in [0.1, 0.15) is 35.6 Å². The largest absolute Gasteiger partial charge is 0.497 e. The van der Waals surface area contributed by atoms with E-state index in [9.17, 15) is 4.79 Å².